The molecule has 2 saturated heterocycles. The van der Waals surface area contributed by atoms with Crippen molar-refractivity contribution in [1.82, 2.24) is 14.8 Å². The molecule has 1 aromatic carbocycles. The third-order valence-corrected chi connectivity index (χ3v) is 7.01. The molecule has 2 N–H and O–H groups in total. The monoisotopic (exact) mass is 528 g/mol. The van der Waals surface area contributed by atoms with Crippen LogP contribution in [-0.4, -0.2) is 78.4 Å². The standard InChI is InChI=1S/C23H25ClF4N6O2/c1-12-10-32(20-14-3-4-16(36-2)18(25)19(14)31-9-15(20)24)6-5-13(12)21(35)33-7-8-34(17(29)11-33)22(30)23(26,27)28/h3-4,9,12-13,29-30H,5-8,10-11H2,1-2H3. The molecule has 36 heavy (non-hydrogen) atoms. The van der Waals surface area contributed by atoms with Gasteiger partial charge in [0.05, 0.1) is 24.4 Å². The number of amides is 1. The number of methoxy groups -OCH3 is 1. The number of carbonyl (C=O) groups excluding carboxylic acids is 1. The highest BCUT2D eigenvalue weighted by molar-refractivity contribution is 6.34. The van der Waals surface area contributed by atoms with Crippen molar-refractivity contribution in [1.29, 1.82) is 10.8 Å². The highest BCUT2D eigenvalue weighted by Gasteiger charge is 2.43. The number of benzene rings is 1. The molecular weight excluding hydrogens is 504 g/mol. The molecule has 2 aliphatic heterocycles. The van der Waals surface area contributed by atoms with Gasteiger partial charge in [-0.15, -0.1) is 0 Å². The van der Waals surface area contributed by atoms with Gasteiger partial charge < -0.3 is 19.4 Å². The topological polar surface area (TPSA) is 96.6 Å². The van der Waals surface area contributed by atoms with Crippen molar-refractivity contribution < 1.29 is 27.1 Å². The zero-order valence-corrected chi connectivity index (χ0v) is 20.4. The van der Waals surface area contributed by atoms with E-state index in [0.717, 1.165) is 0 Å². The van der Waals surface area contributed by atoms with Crippen molar-refractivity contribution in [2.24, 2.45) is 11.8 Å². The van der Waals surface area contributed by atoms with Crippen LogP contribution in [0.3, 0.4) is 0 Å². The van der Waals surface area contributed by atoms with Crippen LogP contribution < -0.4 is 9.64 Å². The van der Waals surface area contributed by atoms with Crippen molar-refractivity contribution in [2.45, 2.75) is 19.5 Å². The van der Waals surface area contributed by atoms with Gasteiger partial charge in [-0.1, -0.05) is 18.5 Å². The molecule has 0 radical (unpaired) electrons. The molecule has 2 unspecified atom stereocenters. The Kier molecular flexibility index (Phi) is 7.00. The highest BCUT2D eigenvalue weighted by Crippen LogP contribution is 2.39. The van der Waals surface area contributed by atoms with Gasteiger partial charge in [0, 0.05) is 43.7 Å². The van der Waals surface area contributed by atoms with Crippen LogP contribution in [-0.2, 0) is 4.79 Å². The Morgan fingerprint density at radius 2 is 1.97 bits per heavy atom. The third-order valence-electron chi connectivity index (χ3n) is 6.74. The summed E-state index contributed by atoms with van der Waals surface area (Å²) in [4.78, 5) is 21.3. The zero-order chi connectivity index (χ0) is 26.4. The molecular formula is C23H25ClF4N6O2. The minimum Gasteiger partial charge on any atom is -0.494 e. The van der Waals surface area contributed by atoms with E-state index in [4.69, 9.17) is 27.2 Å². The van der Waals surface area contributed by atoms with E-state index < -0.39 is 29.6 Å². The van der Waals surface area contributed by atoms with Gasteiger partial charge in [-0.25, -0.2) is 4.39 Å². The fourth-order valence-corrected chi connectivity index (χ4v) is 5.16. The first-order valence-electron chi connectivity index (χ1n) is 11.3. The molecule has 3 heterocycles. The van der Waals surface area contributed by atoms with E-state index in [1.165, 1.54) is 24.3 Å². The van der Waals surface area contributed by atoms with E-state index in [-0.39, 0.29) is 42.7 Å². The largest absolute Gasteiger partial charge is 0.494 e. The predicted octanol–water partition coefficient (Wildman–Crippen LogP) is 4.16. The quantitative estimate of drug-likeness (QED) is 0.354. The van der Waals surface area contributed by atoms with Crippen molar-refractivity contribution in [3.63, 3.8) is 0 Å². The second-order valence-electron chi connectivity index (χ2n) is 8.96. The first-order chi connectivity index (χ1) is 16.9. The maximum Gasteiger partial charge on any atom is 0.449 e. The lowest BCUT2D eigenvalue weighted by atomic mass is 9.85. The van der Waals surface area contributed by atoms with Gasteiger partial charge in [-0.3, -0.25) is 20.6 Å². The van der Waals surface area contributed by atoms with Crippen LogP contribution in [0.25, 0.3) is 10.9 Å². The second-order valence-corrected chi connectivity index (χ2v) is 9.36. The molecule has 0 aliphatic carbocycles. The minimum absolute atomic E-state index is 0.00542. The number of rotatable bonds is 3. The summed E-state index contributed by atoms with van der Waals surface area (Å²) in [7, 11) is 1.37. The van der Waals surface area contributed by atoms with Gasteiger partial charge in [0.15, 0.2) is 11.6 Å². The molecule has 1 amide bonds. The number of fused-ring (bicyclic) bond motifs is 1. The highest BCUT2D eigenvalue weighted by atomic mass is 35.5. The van der Waals surface area contributed by atoms with Crippen LogP contribution in [0.5, 0.6) is 5.75 Å². The summed E-state index contributed by atoms with van der Waals surface area (Å²) in [5.74, 6) is -3.33. The minimum atomic E-state index is -4.85. The van der Waals surface area contributed by atoms with Gasteiger partial charge in [-0.05, 0) is 24.5 Å². The number of piperidine rings is 1. The van der Waals surface area contributed by atoms with Crippen LogP contribution in [0.15, 0.2) is 18.3 Å². The molecule has 8 nitrogen and oxygen atoms in total. The van der Waals surface area contributed by atoms with Gasteiger partial charge in [-0.2, -0.15) is 13.2 Å². The smallest absolute Gasteiger partial charge is 0.449 e. The fourth-order valence-electron chi connectivity index (χ4n) is 4.89. The van der Waals surface area contributed by atoms with E-state index in [2.05, 4.69) is 4.98 Å². The maximum absolute atomic E-state index is 14.8. The third kappa shape index (κ3) is 4.65. The van der Waals surface area contributed by atoms with E-state index in [9.17, 15) is 22.4 Å². The summed E-state index contributed by atoms with van der Waals surface area (Å²) in [6.07, 6.45) is -3.02. The zero-order valence-electron chi connectivity index (χ0n) is 19.6. The average Bonchev–Trinajstić information content (AvgIpc) is 2.82. The van der Waals surface area contributed by atoms with Crippen LogP contribution in [0.4, 0.5) is 23.2 Å². The van der Waals surface area contributed by atoms with Crippen LogP contribution in [0.2, 0.25) is 5.02 Å². The number of piperazine rings is 1. The molecule has 0 bridgehead atoms. The van der Waals surface area contributed by atoms with E-state index in [1.807, 2.05) is 11.8 Å². The Morgan fingerprint density at radius 3 is 2.58 bits per heavy atom. The summed E-state index contributed by atoms with van der Waals surface area (Å²) < 4.78 is 58.5. The SMILES string of the molecule is COc1ccc2c(N3CCC(C(=O)N4CCN(C(=N)C(F)(F)F)C(=N)C4)C(C)C3)c(Cl)cnc2c1F. The normalized spacial score (nSPS) is 21.2. The van der Waals surface area contributed by atoms with E-state index >= 15 is 0 Å². The Balaban J connectivity index is 1.48. The summed E-state index contributed by atoms with van der Waals surface area (Å²) in [5, 5.41) is 16.1. The van der Waals surface area contributed by atoms with Gasteiger partial charge in [0.1, 0.15) is 11.4 Å². The molecule has 4 rings (SSSR count). The number of alkyl halides is 3. The lowest BCUT2D eigenvalue weighted by Gasteiger charge is -2.42. The fraction of sp³-hybridized carbons (Fsp3) is 0.478. The van der Waals surface area contributed by atoms with Crippen molar-refractivity contribution in [3.05, 3.63) is 29.2 Å². The van der Waals surface area contributed by atoms with E-state index in [1.54, 1.807) is 6.07 Å². The molecule has 0 spiro atoms. The number of aromatic nitrogens is 1. The maximum atomic E-state index is 14.8. The first-order valence-corrected chi connectivity index (χ1v) is 11.7. The predicted molar refractivity (Wildman–Crippen MR) is 128 cm³/mol. The number of ether oxygens (including phenoxy) is 1. The summed E-state index contributed by atoms with van der Waals surface area (Å²) in [6.45, 7) is 2.24. The van der Waals surface area contributed by atoms with Crippen LogP contribution >= 0.6 is 11.6 Å². The Hall–Kier alpha value is -3.15. The van der Waals surface area contributed by atoms with Crippen molar-refractivity contribution >= 4 is 45.8 Å². The molecule has 1 aromatic heterocycles. The number of anilines is 1. The Morgan fingerprint density at radius 1 is 1.25 bits per heavy atom. The molecule has 2 fully saturated rings. The number of hydrogen-bond acceptors (Lipinski definition) is 6. The van der Waals surface area contributed by atoms with Crippen LogP contribution in [0.1, 0.15) is 13.3 Å². The van der Waals surface area contributed by atoms with Gasteiger partial charge >= 0.3 is 6.18 Å². The number of nitrogens with one attached hydrogen (secondary N) is 2. The lowest BCUT2D eigenvalue weighted by Crippen LogP contribution is -2.58. The number of amidine groups is 2. The molecule has 2 aromatic rings. The second kappa shape index (κ2) is 9.72. The van der Waals surface area contributed by atoms with Gasteiger partial charge in [0.2, 0.25) is 11.7 Å². The molecule has 13 heteroatoms. The summed E-state index contributed by atoms with van der Waals surface area (Å²) in [5.41, 5.74) is 0.738. The number of hydrogen-bond donors (Lipinski definition) is 2. The Labute approximate surface area is 209 Å². The average molecular weight is 529 g/mol. The van der Waals surface area contributed by atoms with Crippen LogP contribution in [0, 0.1) is 28.5 Å². The van der Waals surface area contributed by atoms with Crippen molar-refractivity contribution in [3.8, 4) is 5.75 Å². The molecule has 2 atom stereocenters. The summed E-state index contributed by atoms with van der Waals surface area (Å²) >= 11 is 6.46. The molecule has 194 valence electrons. The summed E-state index contributed by atoms with van der Waals surface area (Å²) in [6, 6.07) is 3.20. The molecule has 0 saturated carbocycles. The van der Waals surface area contributed by atoms with E-state index in [0.29, 0.717) is 40.5 Å². The Bertz CT molecular complexity index is 1220. The number of nitrogens with zero attached hydrogens (tertiary/aromatic N) is 4. The number of carbonyl (C=O) groups is 1. The van der Waals surface area contributed by atoms with Crippen molar-refractivity contribution in [2.75, 3.05) is 44.7 Å². The number of halogens is 5. The first kappa shape index (κ1) is 25.9. The van der Waals surface area contributed by atoms with Gasteiger partial charge in [0.25, 0.3) is 0 Å². The lowest BCUT2D eigenvalue weighted by molar-refractivity contribution is -0.137. The molecule has 2 aliphatic rings. The number of pyridine rings is 1.